The number of ketones is 1. The first-order chi connectivity index (χ1) is 18.9. The van der Waals surface area contributed by atoms with Gasteiger partial charge in [0.2, 0.25) is 5.78 Å². The van der Waals surface area contributed by atoms with E-state index < -0.39 is 23.5 Å². The smallest absolute Gasteiger partial charge is 0.294 e. The molecule has 0 aliphatic carbocycles. The fourth-order valence-electron chi connectivity index (χ4n) is 4.66. The van der Waals surface area contributed by atoms with Crippen molar-refractivity contribution >= 4 is 39.9 Å². The van der Waals surface area contributed by atoms with Crippen molar-refractivity contribution in [3.63, 3.8) is 0 Å². The molecule has 4 aromatic rings. The van der Waals surface area contributed by atoms with Gasteiger partial charge in [-0.1, -0.05) is 36.7 Å². The van der Waals surface area contributed by atoms with Crippen LogP contribution in [0.15, 0.2) is 82.5 Å². The van der Waals surface area contributed by atoms with Gasteiger partial charge in [0.15, 0.2) is 22.9 Å². The van der Waals surface area contributed by atoms with Gasteiger partial charge in [-0.05, 0) is 48.4 Å². The van der Waals surface area contributed by atoms with Gasteiger partial charge >= 0.3 is 0 Å². The summed E-state index contributed by atoms with van der Waals surface area (Å²) in [7, 11) is 2.99. The molecule has 1 aliphatic heterocycles. The molecule has 0 spiro atoms. The minimum absolute atomic E-state index is 0.0744. The SMILES string of the molecule is CCCOc1cccc(N2C(=O)C(O)=C(C(=O)c3cc4cc(Cl)cc(OC)c4o3)C2c2cccc(OC)c2)c1. The van der Waals surface area contributed by atoms with E-state index in [0.29, 0.717) is 51.1 Å². The number of ether oxygens (including phenoxy) is 3. The minimum Gasteiger partial charge on any atom is -0.503 e. The van der Waals surface area contributed by atoms with Crippen molar-refractivity contribution in [2.24, 2.45) is 0 Å². The predicted octanol–water partition coefficient (Wildman–Crippen LogP) is 6.68. The number of carbonyl (C=O) groups is 2. The van der Waals surface area contributed by atoms with Crippen LogP contribution in [0.25, 0.3) is 11.0 Å². The van der Waals surface area contributed by atoms with Crippen molar-refractivity contribution in [1.29, 1.82) is 0 Å². The molecule has 1 N–H and O–H groups in total. The third-order valence-corrected chi connectivity index (χ3v) is 6.64. The molecule has 0 fully saturated rings. The van der Waals surface area contributed by atoms with Crippen molar-refractivity contribution in [3.05, 3.63) is 94.4 Å². The highest BCUT2D eigenvalue weighted by atomic mass is 35.5. The maximum atomic E-state index is 14.0. The van der Waals surface area contributed by atoms with Crippen molar-refractivity contribution in [2.75, 3.05) is 25.7 Å². The van der Waals surface area contributed by atoms with E-state index in [4.69, 9.17) is 30.2 Å². The molecule has 1 unspecified atom stereocenters. The summed E-state index contributed by atoms with van der Waals surface area (Å²) in [6.07, 6.45) is 0.813. The van der Waals surface area contributed by atoms with Crippen LogP contribution >= 0.6 is 11.6 Å². The number of hydrogen-bond acceptors (Lipinski definition) is 7. The number of methoxy groups -OCH3 is 2. The van der Waals surface area contributed by atoms with Crippen LogP contribution in [-0.2, 0) is 4.79 Å². The molecule has 1 aromatic heterocycles. The quantitative estimate of drug-likeness (QED) is 0.233. The second-order valence-electron chi connectivity index (χ2n) is 8.93. The van der Waals surface area contributed by atoms with Crippen molar-refractivity contribution < 1.29 is 33.3 Å². The number of anilines is 1. The van der Waals surface area contributed by atoms with E-state index in [1.165, 1.54) is 25.2 Å². The molecule has 9 heteroatoms. The molecule has 200 valence electrons. The topological polar surface area (TPSA) is 98.4 Å². The van der Waals surface area contributed by atoms with Crippen molar-refractivity contribution in [1.82, 2.24) is 0 Å². The molecule has 1 amide bonds. The Morgan fingerprint density at radius 1 is 1.03 bits per heavy atom. The van der Waals surface area contributed by atoms with Gasteiger partial charge in [0.25, 0.3) is 5.91 Å². The Hall–Kier alpha value is -4.43. The molecule has 2 heterocycles. The van der Waals surface area contributed by atoms with Gasteiger partial charge in [-0.25, -0.2) is 0 Å². The lowest BCUT2D eigenvalue weighted by Gasteiger charge is -2.27. The molecule has 0 radical (unpaired) electrons. The standard InChI is InChI=1S/C30H26ClNO7/c1-4-11-38-22-10-6-8-20(16-22)32-26(17-7-5-9-21(13-17)36-2)25(28(34)30(32)35)27(33)23-14-18-12-19(31)15-24(37-3)29(18)39-23/h5-10,12-16,26,34H,4,11H2,1-3H3. The summed E-state index contributed by atoms with van der Waals surface area (Å²) in [5.74, 6) is -0.673. The van der Waals surface area contributed by atoms with Crippen LogP contribution in [0.3, 0.4) is 0 Å². The van der Waals surface area contributed by atoms with Crippen LogP contribution in [0.2, 0.25) is 5.02 Å². The highest BCUT2D eigenvalue weighted by Crippen LogP contribution is 2.44. The lowest BCUT2D eigenvalue weighted by molar-refractivity contribution is -0.117. The number of benzene rings is 3. The molecule has 0 bridgehead atoms. The number of amides is 1. The van der Waals surface area contributed by atoms with Crippen LogP contribution in [0.4, 0.5) is 5.69 Å². The summed E-state index contributed by atoms with van der Waals surface area (Å²) in [5, 5.41) is 12.1. The minimum atomic E-state index is -0.972. The zero-order valence-electron chi connectivity index (χ0n) is 21.6. The molecular weight excluding hydrogens is 522 g/mol. The molecule has 0 saturated heterocycles. The second-order valence-corrected chi connectivity index (χ2v) is 9.37. The molecule has 3 aromatic carbocycles. The number of nitrogens with zero attached hydrogens (tertiary/aromatic N) is 1. The predicted molar refractivity (Wildman–Crippen MR) is 147 cm³/mol. The molecule has 1 atom stereocenters. The Morgan fingerprint density at radius 2 is 1.79 bits per heavy atom. The first-order valence-corrected chi connectivity index (χ1v) is 12.7. The Kier molecular flexibility index (Phi) is 7.21. The highest BCUT2D eigenvalue weighted by Gasteiger charge is 2.45. The summed E-state index contributed by atoms with van der Waals surface area (Å²) in [4.78, 5) is 28.9. The van der Waals surface area contributed by atoms with Crippen LogP contribution in [0.5, 0.6) is 17.2 Å². The van der Waals surface area contributed by atoms with Gasteiger partial charge in [0, 0.05) is 28.2 Å². The number of carbonyl (C=O) groups excluding carboxylic acids is 2. The van der Waals surface area contributed by atoms with Crippen molar-refractivity contribution in [2.45, 2.75) is 19.4 Å². The van der Waals surface area contributed by atoms with E-state index in [-0.39, 0.29) is 11.3 Å². The van der Waals surface area contributed by atoms with E-state index in [2.05, 4.69) is 0 Å². The third-order valence-electron chi connectivity index (χ3n) is 6.42. The number of aliphatic hydroxyl groups excluding tert-OH is 1. The molecule has 8 nitrogen and oxygen atoms in total. The number of furan rings is 1. The van der Waals surface area contributed by atoms with Crippen LogP contribution in [0.1, 0.15) is 35.5 Å². The van der Waals surface area contributed by atoms with Gasteiger partial charge in [-0.3, -0.25) is 14.5 Å². The van der Waals surface area contributed by atoms with Gasteiger partial charge in [0.05, 0.1) is 32.4 Å². The maximum Gasteiger partial charge on any atom is 0.294 e. The number of aliphatic hydroxyl groups is 1. The lowest BCUT2D eigenvalue weighted by Crippen LogP contribution is -2.31. The van der Waals surface area contributed by atoms with Gasteiger partial charge < -0.3 is 23.7 Å². The first-order valence-electron chi connectivity index (χ1n) is 12.3. The number of hydrogen-bond donors (Lipinski definition) is 1. The summed E-state index contributed by atoms with van der Waals surface area (Å²) < 4.78 is 22.4. The molecular formula is C30H26ClNO7. The Bertz CT molecular complexity index is 1610. The molecule has 5 rings (SSSR count). The van der Waals surface area contributed by atoms with E-state index >= 15 is 0 Å². The fraction of sp³-hybridized carbons (Fsp3) is 0.200. The molecule has 0 saturated carbocycles. The summed E-state index contributed by atoms with van der Waals surface area (Å²) in [6, 6.07) is 17.7. The number of rotatable bonds is 9. The number of halogens is 1. The Balaban J connectivity index is 1.64. The Morgan fingerprint density at radius 3 is 2.54 bits per heavy atom. The van der Waals surface area contributed by atoms with Crippen LogP contribution in [0, 0.1) is 0 Å². The van der Waals surface area contributed by atoms with Crippen molar-refractivity contribution in [3.8, 4) is 17.2 Å². The zero-order chi connectivity index (χ0) is 27.7. The lowest BCUT2D eigenvalue weighted by atomic mass is 9.94. The summed E-state index contributed by atoms with van der Waals surface area (Å²) >= 11 is 6.19. The summed E-state index contributed by atoms with van der Waals surface area (Å²) in [5.41, 5.74) is 1.21. The largest absolute Gasteiger partial charge is 0.503 e. The second kappa shape index (κ2) is 10.7. The van der Waals surface area contributed by atoms with Gasteiger partial charge in [-0.15, -0.1) is 0 Å². The first kappa shape index (κ1) is 26.2. The average Bonchev–Trinajstić information content (AvgIpc) is 3.49. The molecule has 39 heavy (non-hydrogen) atoms. The maximum absolute atomic E-state index is 14.0. The zero-order valence-corrected chi connectivity index (χ0v) is 22.3. The van der Waals surface area contributed by atoms with Crippen LogP contribution < -0.4 is 19.1 Å². The van der Waals surface area contributed by atoms with Gasteiger partial charge in [-0.2, -0.15) is 0 Å². The normalized spacial score (nSPS) is 15.2. The number of Topliss-reactive ketones (excluding diaryl/α,β-unsaturated/α-hetero) is 1. The van der Waals surface area contributed by atoms with Crippen LogP contribution in [-0.4, -0.2) is 37.6 Å². The van der Waals surface area contributed by atoms with E-state index in [9.17, 15) is 14.7 Å². The monoisotopic (exact) mass is 547 g/mol. The summed E-state index contributed by atoms with van der Waals surface area (Å²) in [6.45, 7) is 2.50. The fourth-order valence-corrected chi connectivity index (χ4v) is 4.87. The third kappa shape index (κ3) is 4.79. The van der Waals surface area contributed by atoms with E-state index in [0.717, 1.165) is 6.42 Å². The van der Waals surface area contributed by atoms with E-state index in [1.54, 1.807) is 60.7 Å². The molecule has 1 aliphatic rings. The highest BCUT2D eigenvalue weighted by molar-refractivity contribution is 6.31. The Labute approximate surface area is 229 Å². The average molecular weight is 548 g/mol. The van der Waals surface area contributed by atoms with Gasteiger partial charge in [0.1, 0.15) is 11.5 Å². The number of fused-ring (bicyclic) bond motifs is 1. The van der Waals surface area contributed by atoms with E-state index in [1.807, 2.05) is 6.92 Å².